The summed E-state index contributed by atoms with van der Waals surface area (Å²) >= 11 is 0. The molecule has 0 saturated carbocycles. The summed E-state index contributed by atoms with van der Waals surface area (Å²) in [5.41, 5.74) is 7.95. The first-order chi connectivity index (χ1) is 12.1. The van der Waals surface area contributed by atoms with Crippen LogP contribution in [-0.2, 0) is 0 Å². The number of aromatic nitrogens is 1. The quantitative estimate of drug-likeness (QED) is 0.793. The third-order valence-electron chi connectivity index (χ3n) is 4.27. The highest BCUT2D eigenvalue weighted by Crippen LogP contribution is 2.27. The number of benzene rings is 1. The number of nitrogens with zero attached hydrogens (tertiary/aromatic N) is 2. The van der Waals surface area contributed by atoms with Gasteiger partial charge in [0.05, 0.1) is 16.8 Å². The van der Waals surface area contributed by atoms with Crippen LogP contribution in [0.15, 0.2) is 30.5 Å². The number of nitrogens with one attached hydrogen (secondary N) is 2. The van der Waals surface area contributed by atoms with E-state index in [9.17, 15) is 9.59 Å². The number of rotatable bonds is 4. The van der Waals surface area contributed by atoms with Gasteiger partial charge in [-0.05, 0) is 43.5 Å². The number of hydrogen-bond acceptors (Lipinski definition) is 4. The summed E-state index contributed by atoms with van der Waals surface area (Å²) in [6, 6.07) is 8.52. The van der Waals surface area contributed by atoms with E-state index in [1.165, 1.54) is 18.7 Å². The van der Waals surface area contributed by atoms with Crippen molar-refractivity contribution >= 4 is 23.2 Å². The van der Waals surface area contributed by atoms with Gasteiger partial charge in [-0.3, -0.25) is 9.59 Å². The number of primary amides is 1. The van der Waals surface area contributed by atoms with E-state index in [4.69, 9.17) is 11.0 Å². The van der Waals surface area contributed by atoms with Gasteiger partial charge in [0.15, 0.2) is 0 Å². The Hall–Kier alpha value is -3.27. The maximum atomic E-state index is 12.3. The van der Waals surface area contributed by atoms with Crippen LogP contribution in [0.5, 0.6) is 0 Å². The molecule has 0 atom stereocenters. The molecule has 0 unspecified atom stereocenters. The summed E-state index contributed by atoms with van der Waals surface area (Å²) in [4.78, 5) is 28.9. The molecular formula is C18H19N5O2. The van der Waals surface area contributed by atoms with Crippen molar-refractivity contribution in [2.75, 3.05) is 23.3 Å². The van der Waals surface area contributed by atoms with Gasteiger partial charge in [-0.25, -0.2) is 0 Å². The number of H-pyrrole nitrogens is 1. The van der Waals surface area contributed by atoms with Crippen molar-refractivity contribution in [2.45, 2.75) is 19.3 Å². The van der Waals surface area contributed by atoms with Crippen molar-refractivity contribution < 1.29 is 9.59 Å². The molecule has 2 aromatic rings. The molecule has 1 saturated heterocycles. The SMILES string of the molecule is N#Cc1c[nH]c(C(=O)Nc2ccc(C(N)=O)c(N3CCCCC3)c2)c1. The van der Waals surface area contributed by atoms with E-state index in [2.05, 4.69) is 15.2 Å². The van der Waals surface area contributed by atoms with Gasteiger partial charge in [-0.15, -0.1) is 0 Å². The van der Waals surface area contributed by atoms with Crippen LogP contribution in [0.3, 0.4) is 0 Å². The van der Waals surface area contributed by atoms with Crippen LogP contribution in [0.25, 0.3) is 0 Å². The zero-order valence-electron chi connectivity index (χ0n) is 13.7. The van der Waals surface area contributed by atoms with Crippen molar-refractivity contribution in [3.05, 3.63) is 47.3 Å². The Balaban J connectivity index is 1.85. The lowest BCUT2D eigenvalue weighted by atomic mass is 10.1. The fourth-order valence-electron chi connectivity index (χ4n) is 3.00. The summed E-state index contributed by atoms with van der Waals surface area (Å²) in [6.45, 7) is 1.72. The van der Waals surface area contributed by atoms with E-state index in [0.29, 0.717) is 22.5 Å². The molecule has 25 heavy (non-hydrogen) atoms. The molecule has 0 bridgehead atoms. The van der Waals surface area contributed by atoms with Crippen LogP contribution in [-0.4, -0.2) is 29.9 Å². The highest BCUT2D eigenvalue weighted by Gasteiger charge is 2.18. The van der Waals surface area contributed by atoms with E-state index in [1.54, 1.807) is 18.2 Å². The zero-order chi connectivity index (χ0) is 17.8. The van der Waals surface area contributed by atoms with Gasteiger partial charge in [0, 0.05) is 25.0 Å². The van der Waals surface area contributed by atoms with Gasteiger partial charge >= 0.3 is 0 Å². The van der Waals surface area contributed by atoms with Gasteiger partial charge in [-0.1, -0.05) is 0 Å². The van der Waals surface area contributed by atoms with Crippen molar-refractivity contribution in [1.82, 2.24) is 4.98 Å². The summed E-state index contributed by atoms with van der Waals surface area (Å²) in [7, 11) is 0. The molecule has 7 nitrogen and oxygen atoms in total. The van der Waals surface area contributed by atoms with Gasteiger partial charge in [0.1, 0.15) is 11.8 Å². The fourth-order valence-corrected chi connectivity index (χ4v) is 3.00. The second-order valence-corrected chi connectivity index (χ2v) is 6.01. The molecule has 2 amide bonds. The number of anilines is 2. The largest absolute Gasteiger partial charge is 0.371 e. The van der Waals surface area contributed by atoms with Crippen molar-refractivity contribution in [3.63, 3.8) is 0 Å². The molecule has 128 valence electrons. The third kappa shape index (κ3) is 3.63. The maximum absolute atomic E-state index is 12.3. The lowest BCUT2D eigenvalue weighted by molar-refractivity contribution is 0.0998. The zero-order valence-corrected chi connectivity index (χ0v) is 13.7. The summed E-state index contributed by atoms with van der Waals surface area (Å²) in [5, 5.41) is 11.6. The predicted molar refractivity (Wildman–Crippen MR) is 94.5 cm³/mol. The number of nitrogens with two attached hydrogens (primary N) is 1. The van der Waals surface area contributed by atoms with E-state index < -0.39 is 5.91 Å². The first-order valence-corrected chi connectivity index (χ1v) is 8.17. The van der Waals surface area contributed by atoms with Crippen molar-refractivity contribution in [1.29, 1.82) is 5.26 Å². The van der Waals surface area contributed by atoms with Gasteiger partial charge in [0.25, 0.3) is 11.8 Å². The number of hydrogen-bond donors (Lipinski definition) is 3. The van der Waals surface area contributed by atoms with Gasteiger partial charge in [0.2, 0.25) is 0 Å². The molecule has 2 heterocycles. The third-order valence-corrected chi connectivity index (χ3v) is 4.27. The lowest BCUT2D eigenvalue weighted by Gasteiger charge is -2.30. The molecule has 1 aromatic heterocycles. The second kappa shape index (κ2) is 7.09. The highest BCUT2D eigenvalue weighted by atomic mass is 16.2. The molecule has 0 spiro atoms. The molecule has 1 fully saturated rings. The number of piperidine rings is 1. The molecule has 4 N–H and O–H groups in total. The standard InChI is InChI=1S/C18H19N5O2/c19-10-12-8-15(21-11-12)18(25)22-13-4-5-14(17(20)24)16(9-13)23-6-2-1-3-7-23/h4-5,8-9,11,21H,1-3,6-7H2,(H2,20,24)(H,22,25). The van der Waals surface area contributed by atoms with Crippen LogP contribution < -0.4 is 16.0 Å². The Morgan fingerprint density at radius 1 is 1.20 bits per heavy atom. The average Bonchev–Trinajstić information content (AvgIpc) is 3.11. The topological polar surface area (TPSA) is 115 Å². The van der Waals surface area contributed by atoms with Crippen molar-refractivity contribution in [3.8, 4) is 6.07 Å². The molecule has 3 rings (SSSR count). The normalized spacial score (nSPS) is 14.0. The number of carbonyl (C=O) groups is 2. The molecule has 7 heteroatoms. The highest BCUT2D eigenvalue weighted by molar-refractivity contribution is 6.05. The minimum atomic E-state index is -0.485. The molecule has 0 aliphatic carbocycles. The lowest BCUT2D eigenvalue weighted by Crippen LogP contribution is -2.31. The molecule has 0 radical (unpaired) electrons. The van der Waals surface area contributed by atoms with Crippen LogP contribution in [0, 0.1) is 11.3 Å². The van der Waals surface area contributed by atoms with Crippen LogP contribution in [0.1, 0.15) is 45.7 Å². The average molecular weight is 337 g/mol. The minimum Gasteiger partial charge on any atom is -0.371 e. The van der Waals surface area contributed by atoms with Crippen molar-refractivity contribution in [2.24, 2.45) is 5.73 Å². The Kier molecular flexibility index (Phi) is 4.70. The van der Waals surface area contributed by atoms with Crippen LogP contribution in [0.2, 0.25) is 0 Å². The smallest absolute Gasteiger partial charge is 0.272 e. The Morgan fingerprint density at radius 3 is 2.60 bits per heavy atom. The van der Waals surface area contributed by atoms with E-state index in [-0.39, 0.29) is 5.91 Å². The summed E-state index contributed by atoms with van der Waals surface area (Å²) in [6.07, 6.45) is 4.78. The minimum absolute atomic E-state index is 0.301. The number of carbonyl (C=O) groups excluding carboxylic acids is 2. The molecule has 1 aromatic carbocycles. The maximum Gasteiger partial charge on any atom is 0.272 e. The Labute approximate surface area is 145 Å². The second-order valence-electron chi connectivity index (χ2n) is 6.01. The van der Waals surface area contributed by atoms with Gasteiger partial charge < -0.3 is 20.9 Å². The molecule has 1 aliphatic heterocycles. The predicted octanol–water partition coefficient (Wildman–Crippen LogP) is 2.23. The fraction of sp³-hybridized carbons (Fsp3) is 0.278. The van der Waals surface area contributed by atoms with E-state index in [1.807, 2.05) is 6.07 Å². The monoisotopic (exact) mass is 337 g/mol. The first-order valence-electron chi connectivity index (χ1n) is 8.17. The number of nitriles is 1. The summed E-state index contributed by atoms with van der Waals surface area (Å²) in [5.74, 6) is -0.834. The van der Waals surface area contributed by atoms with Gasteiger partial charge in [-0.2, -0.15) is 5.26 Å². The molecular weight excluding hydrogens is 318 g/mol. The Bertz CT molecular complexity index is 843. The molecule has 1 aliphatic rings. The Morgan fingerprint density at radius 2 is 1.96 bits per heavy atom. The van der Waals surface area contributed by atoms with Crippen LogP contribution in [0.4, 0.5) is 11.4 Å². The summed E-state index contributed by atoms with van der Waals surface area (Å²) < 4.78 is 0. The number of aromatic amines is 1. The first kappa shape index (κ1) is 16.6. The van der Waals surface area contributed by atoms with Crippen LogP contribution >= 0.6 is 0 Å². The van der Waals surface area contributed by atoms with E-state index >= 15 is 0 Å². The van der Waals surface area contributed by atoms with E-state index in [0.717, 1.165) is 31.6 Å². The number of amides is 2.